The highest BCUT2D eigenvalue weighted by Gasteiger charge is 2.35. The van der Waals surface area contributed by atoms with Crippen LogP contribution in [0.25, 0.3) is 0 Å². The Hall–Kier alpha value is -2.71. The van der Waals surface area contributed by atoms with Crippen molar-refractivity contribution >= 4 is 46.8 Å². The summed E-state index contributed by atoms with van der Waals surface area (Å²) in [6, 6.07) is 11.9. The number of thioether (sulfide) groups is 1. The standard InChI is InChI=1S/C20H20ClN3O4S/c1-3-28-17-10-15(22-12(2)25)8-9-16(17)19(27)23-24-18(26)11-29-20(24)13-4-6-14(21)7-5-13/h4-10,20H,3,11H2,1-2H3,(H,22,25)(H,23,27). The number of nitrogens with zero attached hydrogens (tertiary/aromatic N) is 1. The maximum absolute atomic E-state index is 12.9. The summed E-state index contributed by atoms with van der Waals surface area (Å²) < 4.78 is 5.56. The second kappa shape index (κ2) is 9.19. The number of carbonyl (C=O) groups is 3. The smallest absolute Gasteiger partial charge is 0.273 e. The number of carbonyl (C=O) groups excluding carboxylic acids is 3. The Labute approximate surface area is 177 Å². The predicted molar refractivity (Wildman–Crippen MR) is 113 cm³/mol. The fourth-order valence-corrected chi connectivity index (χ4v) is 4.09. The molecule has 7 nitrogen and oxygen atoms in total. The quantitative estimate of drug-likeness (QED) is 0.726. The van der Waals surface area contributed by atoms with Gasteiger partial charge >= 0.3 is 0 Å². The van der Waals surface area contributed by atoms with Gasteiger partial charge in [0, 0.05) is 23.7 Å². The predicted octanol–water partition coefficient (Wildman–Crippen LogP) is 3.62. The molecule has 29 heavy (non-hydrogen) atoms. The van der Waals surface area contributed by atoms with E-state index in [1.165, 1.54) is 23.7 Å². The number of anilines is 1. The Bertz CT molecular complexity index is 936. The highest BCUT2D eigenvalue weighted by atomic mass is 35.5. The summed E-state index contributed by atoms with van der Waals surface area (Å²) in [5.74, 6) is -0.324. The third kappa shape index (κ3) is 5.02. The Morgan fingerprint density at radius 2 is 1.97 bits per heavy atom. The normalized spacial score (nSPS) is 15.9. The van der Waals surface area contributed by atoms with E-state index in [-0.39, 0.29) is 28.5 Å². The van der Waals surface area contributed by atoms with Gasteiger partial charge in [0.15, 0.2) is 0 Å². The monoisotopic (exact) mass is 433 g/mol. The molecule has 1 aliphatic rings. The third-order valence-corrected chi connectivity index (χ3v) is 5.56. The maximum atomic E-state index is 12.9. The van der Waals surface area contributed by atoms with Gasteiger partial charge in [-0.2, -0.15) is 0 Å². The molecule has 1 unspecified atom stereocenters. The average Bonchev–Trinajstić information content (AvgIpc) is 3.03. The van der Waals surface area contributed by atoms with Gasteiger partial charge in [0.25, 0.3) is 11.8 Å². The van der Waals surface area contributed by atoms with Crippen LogP contribution < -0.4 is 15.5 Å². The number of hydrogen-bond acceptors (Lipinski definition) is 5. The van der Waals surface area contributed by atoms with Crippen LogP contribution in [0.15, 0.2) is 42.5 Å². The van der Waals surface area contributed by atoms with Gasteiger partial charge in [-0.3, -0.25) is 19.8 Å². The van der Waals surface area contributed by atoms with Crippen LogP contribution >= 0.6 is 23.4 Å². The van der Waals surface area contributed by atoms with Crippen LogP contribution in [0.4, 0.5) is 5.69 Å². The van der Waals surface area contributed by atoms with Crippen molar-refractivity contribution in [2.24, 2.45) is 0 Å². The molecule has 1 atom stereocenters. The van der Waals surface area contributed by atoms with E-state index >= 15 is 0 Å². The molecule has 2 aromatic carbocycles. The summed E-state index contributed by atoms with van der Waals surface area (Å²) in [7, 11) is 0. The van der Waals surface area contributed by atoms with Crippen LogP contribution in [0.3, 0.4) is 0 Å². The molecule has 152 valence electrons. The van der Waals surface area contributed by atoms with Gasteiger partial charge < -0.3 is 10.1 Å². The molecule has 0 saturated carbocycles. The van der Waals surface area contributed by atoms with E-state index < -0.39 is 5.91 Å². The van der Waals surface area contributed by atoms with Crippen molar-refractivity contribution < 1.29 is 19.1 Å². The zero-order valence-corrected chi connectivity index (χ0v) is 17.5. The molecular weight excluding hydrogens is 414 g/mol. The molecule has 0 aliphatic carbocycles. The number of nitrogens with one attached hydrogen (secondary N) is 2. The molecular formula is C20H20ClN3O4S. The van der Waals surface area contributed by atoms with E-state index in [0.29, 0.717) is 23.1 Å². The molecule has 2 N–H and O–H groups in total. The van der Waals surface area contributed by atoms with Gasteiger partial charge in [-0.25, -0.2) is 5.01 Å². The second-order valence-corrected chi connectivity index (χ2v) is 7.75. The van der Waals surface area contributed by atoms with E-state index in [9.17, 15) is 14.4 Å². The average molecular weight is 434 g/mol. The Kier molecular flexibility index (Phi) is 6.66. The van der Waals surface area contributed by atoms with Gasteiger partial charge in [0.2, 0.25) is 5.91 Å². The Balaban J connectivity index is 1.83. The van der Waals surface area contributed by atoms with Crippen molar-refractivity contribution in [1.82, 2.24) is 10.4 Å². The third-order valence-electron chi connectivity index (χ3n) is 4.09. The van der Waals surface area contributed by atoms with Crippen molar-refractivity contribution in [1.29, 1.82) is 0 Å². The minimum Gasteiger partial charge on any atom is -0.493 e. The second-order valence-electron chi connectivity index (χ2n) is 6.24. The van der Waals surface area contributed by atoms with Crippen molar-refractivity contribution in [3.05, 3.63) is 58.6 Å². The maximum Gasteiger partial charge on any atom is 0.273 e. The van der Waals surface area contributed by atoms with Crippen molar-refractivity contribution in [3.8, 4) is 5.75 Å². The molecule has 0 radical (unpaired) electrons. The van der Waals surface area contributed by atoms with Crippen LogP contribution in [-0.2, 0) is 9.59 Å². The number of ether oxygens (including phenoxy) is 1. The first-order valence-electron chi connectivity index (χ1n) is 8.93. The number of rotatable bonds is 6. The first-order valence-corrected chi connectivity index (χ1v) is 10.4. The molecule has 1 aliphatic heterocycles. The number of hydrazine groups is 1. The van der Waals surface area contributed by atoms with E-state index in [1.807, 2.05) is 12.1 Å². The highest BCUT2D eigenvalue weighted by Crippen LogP contribution is 2.38. The topological polar surface area (TPSA) is 87.7 Å². The Morgan fingerprint density at radius 3 is 2.62 bits per heavy atom. The number of hydrogen-bond donors (Lipinski definition) is 2. The zero-order chi connectivity index (χ0) is 21.0. The van der Waals surface area contributed by atoms with Crippen LogP contribution in [0.2, 0.25) is 5.02 Å². The molecule has 3 rings (SSSR count). The fourth-order valence-electron chi connectivity index (χ4n) is 2.85. The van der Waals surface area contributed by atoms with E-state index in [4.69, 9.17) is 16.3 Å². The van der Waals surface area contributed by atoms with Crippen LogP contribution in [-0.4, -0.2) is 35.1 Å². The van der Waals surface area contributed by atoms with Gasteiger partial charge in [0.05, 0.1) is 17.9 Å². The van der Waals surface area contributed by atoms with E-state index in [0.717, 1.165) is 5.56 Å². The van der Waals surface area contributed by atoms with Gasteiger partial charge in [-0.1, -0.05) is 23.7 Å². The molecule has 9 heteroatoms. The highest BCUT2D eigenvalue weighted by molar-refractivity contribution is 8.00. The summed E-state index contributed by atoms with van der Waals surface area (Å²) in [6.45, 7) is 3.54. The van der Waals surface area contributed by atoms with Gasteiger partial charge in [-0.05, 0) is 36.8 Å². The summed E-state index contributed by atoms with van der Waals surface area (Å²) in [6.07, 6.45) is 0. The largest absolute Gasteiger partial charge is 0.493 e. The number of benzene rings is 2. The van der Waals surface area contributed by atoms with Gasteiger partial charge in [0.1, 0.15) is 11.1 Å². The fraction of sp³-hybridized carbons (Fsp3) is 0.250. The molecule has 1 heterocycles. The summed E-state index contributed by atoms with van der Waals surface area (Å²) in [4.78, 5) is 36.5. The molecule has 1 fully saturated rings. The lowest BCUT2D eigenvalue weighted by Gasteiger charge is -2.25. The zero-order valence-electron chi connectivity index (χ0n) is 15.9. The summed E-state index contributed by atoms with van der Waals surface area (Å²) in [5.41, 5.74) is 4.33. The summed E-state index contributed by atoms with van der Waals surface area (Å²) in [5, 5.41) is 4.23. The molecule has 0 spiro atoms. The first-order chi connectivity index (χ1) is 13.9. The lowest BCUT2D eigenvalue weighted by Crippen LogP contribution is -2.44. The van der Waals surface area contributed by atoms with Crippen LogP contribution in [0, 0.1) is 0 Å². The minimum atomic E-state index is -0.474. The van der Waals surface area contributed by atoms with Crippen LogP contribution in [0.1, 0.15) is 35.1 Å². The molecule has 1 saturated heterocycles. The van der Waals surface area contributed by atoms with Crippen molar-refractivity contribution in [2.45, 2.75) is 19.2 Å². The summed E-state index contributed by atoms with van der Waals surface area (Å²) >= 11 is 7.36. The molecule has 0 bridgehead atoms. The lowest BCUT2D eigenvalue weighted by atomic mass is 10.1. The van der Waals surface area contributed by atoms with Crippen LogP contribution in [0.5, 0.6) is 5.75 Å². The first kappa shape index (κ1) is 21.0. The van der Waals surface area contributed by atoms with Gasteiger partial charge in [-0.15, -0.1) is 11.8 Å². The van der Waals surface area contributed by atoms with E-state index in [1.54, 1.807) is 37.3 Å². The van der Waals surface area contributed by atoms with E-state index in [2.05, 4.69) is 10.7 Å². The van der Waals surface area contributed by atoms with Crippen molar-refractivity contribution in [2.75, 3.05) is 17.7 Å². The SMILES string of the molecule is CCOc1cc(NC(C)=O)ccc1C(=O)NN1C(=O)CSC1c1ccc(Cl)cc1. The van der Waals surface area contributed by atoms with Crippen molar-refractivity contribution in [3.63, 3.8) is 0 Å². The number of amides is 3. The number of halogens is 1. The molecule has 2 aromatic rings. The lowest BCUT2D eigenvalue weighted by molar-refractivity contribution is -0.130. The minimum absolute atomic E-state index is 0.198. The molecule has 0 aromatic heterocycles. The molecule has 3 amide bonds. The Morgan fingerprint density at radius 1 is 1.24 bits per heavy atom.